The van der Waals surface area contributed by atoms with Gasteiger partial charge < -0.3 is 15.5 Å². The zero-order chi connectivity index (χ0) is 14.7. The van der Waals surface area contributed by atoms with Gasteiger partial charge in [0.1, 0.15) is 11.9 Å². The lowest BCUT2D eigenvalue weighted by atomic mass is 10.2. The molecule has 1 aliphatic rings. The molecular formula is C15H16N6. The maximum Gasteiger partial charge on any atom is 0.163 e. The average Bonchev–Trinajstić information content (AvgIpc) is 2.56. The third kappa shape index (κ3) is 2.72. The van der Waals surface area contributed by atoms with Gasteiger partial charge in [-0.2, -0.15) is 5.26 Å². The van der Waals surface area contributed by atoms with Crippen LogP contribution in [0.15, 0.2) is 36.7 Å². The molecule has 0 spiro atoms. The van der Waals surface area contributed by atoms with Crippen LogP contribution in [0.25, 0.3) is 0 Å². The van der Waals surface area contributed by atoms with Crippen LogP contribution in [0.3, 0.4) is 0 Å². The van der Waals surface area contributed by atoms with Gasteiger partial charge in [-0.1, -0.05) is 0 Å². The molecule has 0 saturated carbocycles. The molecule has 1 aliphatic heterocycles. The minimum atomic E-state index is 0.486. The Morgan fingerprint density at radius 3 is 2.48 bits per heavy atom. The van der Waals surface area contributed by atoms with Crippen LogP contribution in [0, 0.1) is 11.3 Å². The number of aromatic nitrogens is 2. The second kappa shape index (κ2) is 5.67. The van der Waals surface area contributed by atoms with Crippen molar-refractivity contribution in [2.24, 2.45) is 0 Å². The largest absolute Gasteiger partial charge is 0.384 e. The number of piperazine rings is 1. The van der Waals surface area contributed by atoms with Gasteiger partial charge >= 0.3 is 0 Å². The Bertz CT molecular complexity index is 653. The molecule has 0 radical (unpaired) electrons. The van der Waals surface area contributed by atoms with E-state index in [1.807, 2.05) is 24.3 Å². The molecule has 2 aromatic heterocycles. The smallest absolute Gasteiger partial charge is 0.163 e. The van der Waals surface area contributed by atoms with Gasteiger partial charge in [-0.25, -0.2) is 9.97 Å². The van der Waals surface area contributed by atoms with Gasteiger partial charge in [0.15, 0.2) is 5.69 Å². The van der Waals surface area contributed by atoms with Gasteiger partial charge in [0.05, 0.1) is 17.6 Å². The molecule has 0 aliphatic carbocycles. The fourth-order valence-corrected chi connectivity index (χ4v) is 2.53. The van der Waals surface area contributed by atoms with E-state index in [1.54, 1.807) is 12.4 Å². The van der Waals surface area contributed by atoms with Crippen LogP contribution in [0.2, 0.25) is 0 Å². The Labute approximate surface area is 123 Å². The summed E-state index contributed by atoms with van der Waals surface area (Å²) in [6, 6.07) is 9.77. The summed E-state index contributed by atoms with van der Waals surface area (Å²) in [4.78, 5) is 12.7. The van der Waals surface area contributed by atoms with E-state index in [0.717, 1.165) is 37.6 Å². The number of anilines is 3. The summed E-state index contributed by atoms with van der Waals surface area (Å²) >= 11 is 0. The van der Waals surface area contributed by atoms with Crippen LogP contribution in [0.1, 0.15) is 5.69 Å². The van der Waals surface area contributed by atoms with Crippen molar-refractivity contribution in [3.63, 3.8) is 0 Å². The van der Waals surface area contributed by atoms with E-state index in [4.69, 9.17) is 11.0 Å². The first-order valence-electron chi connectivity index (χ1n) is 6.84. The van der Waals surface area contributed by atoms with E-state index in [-0.39, 0.29) is 0 Å². The lowest BCUT2D eigenvalue weighted by molar-refractivity contribution is 0.651. The highest BCUT2D eigenvalue weighted by Gasteiger charge is 2.19. The van der Waals surface area contributed by atoms with Gasteiger partial charge in [0.2, 0.25) is 0 Å². The van der Waals surface area contributed by atoms with Crippen LogP contribution in [0.5, 0.6) is 0 Å². The van der Waals surface area contributed by atoms with Crippen molar-refractivity contribution in [2.45, 2.75) is 0 Å². The zero-order valence-corrected chi connectivity index (χ0v) is 11.6. The first-order valence-corrected chi connectivity index (χ1v) is 6.84. The fraction of sp³-hybridized carbons (Fsp3) is 0.267. The molecule has 2 N–H and O–H groups in total. The number of hydrogen-bond donors (Lipinski definition) is 1. The summed E-state index contributed by atoms with van der Waals surface area (Å²) in [6.07, 6.45) is 3.45. The number of nitrogens with zero attached hydrogens (tertiary/aromatic N) is 5. The summed E-state index contributed by atoms with van der Waals surface area (Å²) in [7, 11) is 0. The fourth-order valence-electron chi connectivity index (χ4n) is 2.53. The third-order valence-electron chi connectivity index (χ3n) is 3.65. The van der Waals surface area contributed by atoms with Crippen molar-refractivity contribution < 1.29 is 0 Å². The average molecular weight is 280 g/mol. The zero-order valence-electron chi connectivity index (χ0n) is 11.6. The Hall–Kier alpha value is -2.81. The quantitative estimate of drug-likeness (QED) is 0.891. The number of pyridine rings is 2. The lowest BCUT2D eigenvalue weighted by Gasteiger charge is -2.37. The maximum atomic E-state index is 9.14. The second-order valence-corrected chi connectivity index (χ2v) is 4.90. The summed E-state index contributed by atoms with van der Waals surface area (Å²) in [5.41, 5.74) is 8.09. The summed E-state index contributed by atoms with van der Waals surface area (Å²) in [6.45, 7) is 3.46. The molecule has 6 nitrogen and oxygen atoms in total. The van der Waals surface area contributed by atoms with E-state index < -0.39 is 0 Å². The predicted molar refractivity (Wildman–Crippen MR) is 82.0 cm³/mol. The molecule has 0 unspecified atom stereocenters. The van der Waals surface area contributed by atoms with Crippen LogP contribution < -0.4 is 15.5 Å². The van der Waals surface area contributed by atoms with Gasteiger partial charge in [0.25, 0.3) is 0 Å². The highest BCUT2D eigenvalue weighted by Crippen LogP contribution is 2.22. The van der Waals surface area contributed by atoms with Crippen LogP contribution >= 0.6 is 0 Å². The topological polar surface area (TPSA) is 82.1 Å². The van der Waals surface area contributed by atoms with Gasteiger partial charge in [-0.15, -0.1) is 0 Å². The molecule has 0 aromatic carbocycles. The van der Waals surface area contributed by atoms with Crippen LogP contribution in [0.4, 0.5) is 17.2 Å². The summed E-state index contributed by atoms with van der Waals surface area (Å²) in [5, 5.41) is 9.14. The minimum Gasteiger partial charge on any atom is -0.384 e. The SMILES string of the molecule is N#Cc1ncccc1N1CCN(c2ccc(N)nc2)CC1. The summed E-state index contributed by atoms with van der Waals surface area (Å²) in [5.74, 6) is 0.534. The normalized spacial score (nSPS) is 14.8. The monoisotopic (exact) mass is 280 g/mol. The molecule has 3 heterocycles. The highest BCUT2D eigenvalue weighted by molar-refractivity contribution is 5.57. The van der Waals surface area contributed by atoms with E-state index in [0.29, 0.717) is 11.5 Å². The van der Waals surface area contributed by atoms with E-state index in [2.05, 4.69) is 25.8 Å². The Morgan fingerprint density at radius 1 is 1.05 bits per heavy atom. The molecule has 0 bridgehead atoms. The molecule has 3 rings (SSSR count). The minimum absolute atomic E-state index is 0.486. The lowest BCUT2D eigenvalue weighted by Crippen LogP contribution is -2.46. The second-order valence-electron chi connectivity index (χ2n) is 4.90. The van der Waals surface area contributed by atoms with Gasteiger partial charge in [-0.3, -0.25) is 0 Å². The highest BCUT2D eigenvalue weighted by atomic mass is 15.3. The number of hydrogen-bond acceptors (Lipinski definition) is 6. The molecule has 1 saturated heterocycles. The van der Waals surface area contributed by atoms with Crippen molar-refractivity contribution in [3.8, 4) is 6.07 Å². The molecule has 0 atom stereocenters. The Morgan fingerprint density at radius 2 is 1.81 bits per heavy atom. The number of rotatable bonds is 2. The van der Waals surface area contributed by atoms with E-state index >= 15 is 0 Å². The number of nitrogens with two attached hydrogens (primary N) is 1. The number of nitriles is 1. The van der Waals surface area contributed by atoms with Gasteiger partial charge in [0, 0.05) is 32.4 Å². The van der Waals surface area contributed by atoms with Crippen molar-refractivity contribution in [3.05, 3.63) is 42.4 Å². The molecule has 6 heteroatoms. The summed E-state index contributed by atoms with van der Waals surface area (Å²) < 4.78 is 0. The Kier molecular flexibility index (Phi) is 3.56. The maximum absolute atomic E-state index is 9.14. The molecule has 2 aromatic rings. The van der Waals surface area contributed by atoms with Crippen molar-refractivity contribution in [1.82, 2.24) is 9.97 Å². The predicted octanol–water partition coefficient (Wildman–Crippen LogP) is 1.26. The van der Waals surface area contributed by atoms with Gasteiger partial charge in [-0.05, 0) is 24.3 Å². The first-order chi connectivity index (χ1) is 10.3. The standard InChI is InChI=1S/C15H16N6/c16-10-13-14(2-1-5-18-13)21-8-6-20(7-9-21)12-3-4-15(17)19-11-12/h1-5,11H,6-9H2,(H2,17,19). The molecule has 106 valence electrons. The third-order valence-corrected chi connectivity index (χ3v) is 3.65. The molecule has 21 heavy (non-hydrogen) atoms. The van der Waals surface area contributed by atoms with E-state index in [9.17, 15) is 0 Å². The Balaban J connectivity index is 1.70. The van der Waals surface area contributed by atoms with Crippen LogP contribution in [-0.2, 0) is 0 Å². The number of nitrogen functional groups attached to an aromatic ring is 1. The van der Waals surface area contributed by atoms with Crippen LogP contribution in [-0.4, -0.2) is 36.1 Å². The van der Waals surface area contributed by atoms with Crippen molar-refractivity contribution in [2.75, 3.05) is 41.7 Å². The first kappa shape index (κ1) is 13.2. The van der Waals surface area contributed by atoms with Crippen molar-refractivity contribution in [1.29, 1.82) is 5.26 Å². The van der Waals surface area contributed by atoms with E-state index in [1.165, 1.54) is 0 Å². The van der Waals surface area contributed by atoms with Crippen molar-refractivity contribution >= 4 is 17.2 Å². The molecule has 1 fully saturated rings. The molecular weight excluding hydrogens is 264 g/mol. The molecule has 0 amide bonds.